The number of amides is 1. The number of aromatic nitrogens is 2. The molecule has 2 aromatic rings. The first-order chi connectivity index (χ1) is 11.6. The quantitative estimate of drug-likeness (QED) is 0.927. The zero-order valence-electron chi connectivity index (χ0n) is 14.5. The lowest BCUT2D eigenvalue weighted by Gasteiger charge is -2.24. The van der Waals surface area contributed by atoms with Gasteiger partial charge in [0.15, 0.2) is 0 Å². The van der Waals surface area contributed by atoms with E-state index in [4.69, 9.17) is 5.73 Å². The van der Waals surface area contributed by atoms with Crippen LogP contribution in [0.15, 0.2) is 18.5 Å². The molecule has 1 fully saturated rings. The minimum atomic E-state index is 0.151. The van der Waals surface area contributed by atoms with Crippen molar-refractivity contribution in [1.82, 2.24) is 14.9 Å². The molecule has 128 valence electrons. The largest absolute Gasteiger partial charge is 0.354 e. The number of nitrogens with zero attached hydrogens (tertiary/aromatic N) is 4. The Hall–Kier alpha value is -2.21. The van der Waals surface area contributed by atoms with E-state index < -0.39 is 0 Å². The number of benzene rings is 1. The van der Waals surface area contributed by atoms with Crippen LogP contribution in [0, 0.1) is 13.8 Å². The molecule has 0 unspecified atom stereocenters. The maximum absolute atomic E-state index is 12.1. The molecule has 2 N–H and O–H groups in total. The number of anilines is 1. The molecule has 1 aliphatic heterocycles. The summed E-state index contributed by atoms with van der Waals surface area (Å²) in [6.45, 7) is 7.81. The highest BCUT2D eigenvalue weighted by atomic mass is 16.2. The predicted octanol–water partition coefficient (Wildman–Crippen LogP) is 1.63. The number of carbonyl (C=O) groups is 1. The van der Waals surface area contributed by atoms with Gasteiger partial charge in [0.25, 0.3) is 0 Å². The number of carbonyl (C=O) groups excluding carboxylic acids is 1. The van der Waals surface area contributed by atoms with Crippen LogP contribution in [0.25, 0.3) is 10.9 Å². The number of nitrogens with two attached hydrogens (primary N) is 1. The summed E-state index contributed by atoms with van der Waals surface area (Å²) in [5.41, 5.74) is 8.96. The number of rotatable bonds is 3. The van der Waals surface area contributed by atoms with Gasteiger partial charge in [-0.15, -0.1) is 0 Å². The molecule has 3 rings (SSSR count). The minimum absolute atomic E-state index is 0.151. The maximum atomic E-state index is 12.1. The van der Waals surface area contributed by atoms with Crippen molar-refractivity contribution < 1.29 is 4.79 Å². The third kappa shape index (κ3) is 3.33. The fourth-order valence-corrected chi connectivity index (χ4v) is 3.21. The molecule has 2 heterocycles. The van der Waals surface area contributed by atoms with E-state index in [9.17, 15) is 4.79 Å². The molecular weight excluding hydrogens is 302 g/mol. The van der Waals surface area contributed by atoms with E-state index >= 15 is 0 Å². The summed E-state index contributed by atoms with van der Waals surface area (Å²) < 4.78 is 0. The van der Waals surface area contributed by atoms with E-state index in [0.717, 1.165) is 49.3 Å². The summed E-state index contributed by atoms with van der Waals surface area (Å²) in [7, 11) is 0. The zero-order chi connectivity index (χ0) is 17.1. The molecule has 0 atom stereocenters. The van der Waals surface area contributed by atoms with Crippen LogP contribution in [0.5, 0.6) is 0 Å². The van der Waals surface area contributed by atoms with Crippen molar-refractivity contribution in [3.63, 3.8) is 0 Å². The van der Waals surface area contributed by atoms with Gasteiger partial charge in [0.1, 0.15) is 12.1 Å². The number of fused-ring (bicyclic) bond motifs is 1. The first-order valence-corrected chi connectivity index (χ1v) is 8.55. The van der Waals surface area contributed by atoms with Crippen LogP contribution >= 0.6 is 0 Å². The van der Waals surface area contributed by atoms with E-state index in [0.29, 0.717) is 13.0 Å². The molecule has 1 amide bonds. The first-order valence-electron chi connectivity index (χ1n) is 8.55. The lowest BCUT2D eigenvalue weighted by molar-refractivity contribution is -0.130. The van der Waals surface area contributed by atoms with Gasteiger partial charge in [-0.25, -0.2) is 9.97 Å². The Morgan fingerprint density at radius 1 is 1.12 bits per heavy atom. The highest BCUT2D eigenvalue weighted by Gasteiger charge is 2.20. The molecule has 1 aromatic carbocycles. The van der Waals surface area contributed by atoms with Gasteiger partial charge in [-0.1, -0.05) is 0 Å². The minimum Gasteiger partial charge on any atom is -0.354 e. The van der Waals surface area contributed by atoms with Gasteiger partial charge in [-0.05, 0) is 43.5 Å². The molecule has 6 nitrogen and oxygen atoms in total. The number of hydrogen-bond acceptors (Lipinski definition) is 5. The molecule has 0 aliphatic carbocycles. The van der Waals surface area contributed by atoms with Gasteiger partial charge in [0.2, 0.25) is 5.91 Å². The molecule has 6 heteroatoms. The van der Waals surface area contributed by atoms with Crippen molar-refractivity contribution in [2.45, 2.75) is 26.7 Å². The summed E-state index contributed by atoms with van der Waals surface area (Å²) >= 11 is 0. The maximum Gasteiger partial charge on any atom is 0.223 e. The smallest absolute Gasteiger partial charge is 0.223 e. The topological polar surface area (TPSA) is 75.4 Å². The van der Waals surface area contributed by atoms with Gasteiger partial charge in [0, 0.05) is 44.5 Å². The van der Waals surface area contributed by atoms with E-state index in [1.807, 2.05) is 4.90 Å². The molecule has 24 heavy (non-hydrogen) atoms. The first kappa shape index (κ1) is 16.6. The van der Waals surface area contributed by atoms with Gasteiger partial charge < -0.3 is 15.5 Å². The van der Waals surface area contributed by atoms with E-state index in [2.05, 4.69) is 40.8 Å². The molecule has 1 saturated heterocycles. The van der Waals surface area contributed by atoms with Gasteiger partial charge in [0.05, 0.1) is 5.52 Å². The van der Waals surface area contributed by atoms with Crippen molar-refractivity contribution in [2.24, 2.45) is 5.73 Å². The lowest BCUT2D eigenvalue weighted by Crippen LogP contribution is -2.36. The Balaban J connectivity index is 1.86. The summed E-state index contributed by atoms with van der Waals surface area (Å²) in [6.07, 6.45) is 3.00. The third-order valence-corrected chi connectivity index (χ3v) is 4.74. The Morgan fingerprint density at radius 2 is 1.92 bits per heavy atom. The van der Waals surface area contributed by atoms with Crippen LogP contribution in [-0.4, -0.2) is 53.5 Å². The molecule has 0 saturated carbocycles. The summed E-state index contributed by atoms with van der Waals surface area (Å²) in [5, 5.41) is 1.09. The SMILES string of the molecule is Cc1cc2ncnc(N3CCCN(C(=O)CCN)CC3)c2cc1C. The second-order valence-corrected chi connectivity index (χ2v) is 6.41. The Morgan fingerprint density at radius 3 is 2.71 bits per heavy atom. The number of hydrogen-bond donors (Lipinski definition) is 1. The Kier molecular flexibility index (Phi) is 4.94. The molecule has 0 bridgehead atoms. The monoisotopic (exact) mass is 327 g/mol. The lowest BCUT2D eigenvalue weighted by atomic mass is 10.1. The van der Waals surface area contributed by atoms with Crippen LogP contribution in [0.2, 0.25) is 0 Å². The second-order valence-electron chi connectivity index (χ2n) is 6.41. The molecule has 0 spiro atoms. The van der Waals surface area contributed by atoms with Crippen molar-refractivity contribution in [1.29, 1.82) is 0 Å². The van der Waals surface area contributed by atoms with Crippen LogP contribution < -0.4 is 10.6 Å². The van der Waals surface area contributed by atoms with Crippen LogP contribution in [0.3, 0.4) is 0 Å². The van der Waals surface area contributed by atoms with Gasteiger partial charge >= 0.3 is 0 Å². The average Bonchev–Trinajstić information content (AvgIpc) is 2.82. The molecular formula is C18H25N5O. The Bertz CT molecular complexity index is 746. The molecule has 1 aliphatic rings. The van der Waals surface area contributed by atoms with E-state index in [1.165, 1.54) is 11.1 Å². The summed E-state index contributed by atoms with van der Waals surface area (Å²) in [4.78, 5) is 25.2. The normalized spacial score (nSPS) is 15.6. The van der Waals surface area contributed by atoms with Crippen LogP contribution in [-0.2, 0) is 4.79 Å². The van der Waals surface area contributed by atoms with Crippen LogP contribution in [0.4, 0.5) is 5.82 Å². The predicted molar refractivity (Wildman–Crippen MR) is 96.1 cm³/mol. The number of aryl methyl sites for hydroxylation is 2. The van der Waals surface area contributed by atoms with Crippen molar-refractivity contribution in [2.75, 3.05) is 37.6 Å². The van der Waals surface area contributed by atoms with E-state index in [-0.39, 0.29) is 5.91 Å². The summed E-state index contributed by atoms with van der Waals surface area (Å²) in [6, 6.07) is 4.28. The average molecular weight is 327 g/mol. The molecule has 1 aromatic heterocycles. The highest BCUT2D eigenvalue weighted by Crippen LogP contribution is 2.26. The Labute approximate surface area is 142 Å². The van der Waals surface area contributed by atoms with Crippen molar-refractivity contribution in [3.8, 4) is 0 Å². The van der Waals surface area contributed by atoms with Crippen molar-refractivity contribution >= 4 is 22.6 Å². The molecule has 0 radical (unpaired) electrons. The zero-order valence-corrected chi connectivity index (χ0v) is 14.5. The fourth-order valence-electron chi connectivity index (χ4n) is 3.21. The van der Waals surface area contributed by atoms with Crippen LogP contribution in [0.1, 0.15) is 24.0 Å². The summed E-state index contributed by atoms with van der Waals surface area (Å²) in [5.74, 6) is 1.12. The highest BCUT2D eigenvalue weighted by molar-refractivity contribution is 5.90. The second kappa shape index (κ2) is 7.13. The van der Waals surface area contributed by atoms with Gasteiger partial charge in [-0.2, -0.15) is 0 Å². The third-order valence-electron chi connectivity index (χ3n) is 4.74. The van der Waals surface area contributed by atoms with E-state index in [1.54, 1.807) is 6.33 Å². The van der Waals surface area contributed by atoms with Gasteiger partial charge in [-0.3, -0.25) is 4.79 Å². The standard InChI is InChI=1S/C18H25N5O/c1-13-10-15-16(11-14(13)2)20-12-21-18(15)23-7-3-6-22(8-9-23)17(24)4-5-19/h10-12H,3-9,19H2,1-2H3. The fraction of sp³-hybridized carbons (Fsp3) is 0.500. The van der Waals surface area contributed by atoms with Crippen molar-refractivity contribution in [3.05, 3.63) is 29.6 Å².